The fraction of sp³-hybridized carbons (Fsp3) is 0. The summed E-state index contributed by atoms with van der Waals surface area (Å²) in [6, 6.07) is 8.77. The molecule has 1 aromatic carbocycles. The van der Waals surface area contributed by atoms with Crippen molar-refractivity contribution < 1.29 is 0 Å². The van der Waals surface area contributed by atoms with Crippen molar-refractivity contribution in [3.8, 4) is 0 Å². The minimum Gasteiger partial charge on any atom is -0.312 e. The van der Waals surface area contributed by atoms with Crippen molar-refractivity contribution in [2.45, 2.75) is 0 Å². The van der Waals surface area contributed by atoms with Gasteiger partial charge in [0.05, 0.1) is 10.9 Å². The van der Waals surface area contributed by atoms with E-state index in [1.165, 1.54) is 0 Å². The van der Waals surface area contributed by atoms with Crippen LogP contribution in [0.2, 0.25) is 0 Å². The Morgan fingerprint density at radius 1 is 1.15 bits per heavy atom. The summed E-state index contributed by atoms with van der Waals surface area (Å²) in [6.45, 7) is 0. The maximum Gasteiger partial charge on any atom is 0.259 e. The average molecular weight is 283 g/mol. The summed E-state index contributed by atoms with van der Waals surface area (Å²) in [5, 5.41) is 3.35. The largest absolute Gasteiger partial charge is 0.312 e. The highest BCUT2D eigenvalue weighted by Crippen LogP contribution is 2.07. The van der Waals surface area contributed by atoms with Gasteiger partial charge in [0.2, 0.25) is 5.95 Å². The van der Waals surface area contributed by atoms with E-state index in [2.05, 4.69) is 25.3 Å². The predicted molar refractivity (Wildman–Crippen MR) is 79.7 cm³/mol. The normalized spacial score (nSPS) is 10.4. The van der Waals surface area contributed by atoms with Gasteiger partial charge in [-0.1, -0.05) is 24.4 Å². The molecule has 0 spiro atoms. The highest BCUT2D eigenvalue weighted by molar-refractivity contribution is 7.81. The Hall–Kier alpha value is -2.67. The van der Waals surface area contributed by atoms with Gasteiger partial charge in [-0.2, -0.15) is 0 Å². The molecule has 0 saturated heterocycles. The van der Waals surface area contributed by atoms with Crippen LogP contribution in [-0.2, 0) is 0 Å². The van der Waals surface area contributed by atoms with E-state index >= 15 is 0 Å². The summed E-state index contributed by atoms with van der Waals surface area (Å²) < 4.78 is 0. The van der Waals surface area contributed by atoms with E-state index in [0.29, 0.717) is 16.9 Å². The number of benzene rings is 1. The van der Waals surface area contributed by atoms with Crippen molar-refractivity contribution in [1.29, 1.82) is 0 Å². The van der Waals surface area contributed by atoms with Crippen LogP contribution >= 0.6 is 12.2 Å². The van der Waals surface area contributed by atoms with E-state index in [4.69, 9.17) is 12.2 Å². The fourth-order valence-electron chi connectivity index (χ4n) is 1.72. The molecule has 2 heterocycles. The molecule has 0 aliphatic rings. The Kier molecular flexibility index (Phi) is 3.18. The maximum absolute atomic E-state index is 11.9. The molecule has 0 aliphatic heterocycles. The van der Waals surface area contributed by atoms with E-state index < -0.39 is 0 Å². The fourth-order valence-corrected chi connectivity index (χ4v) is 1.91. The zero-order chi connectivity index (χ0) is 13.9. The number of nitrogens with zero attached hydrogens (tertiary/aromatic N) is 3. The van der Waals surface area contributed by atoms with Crippen LogP contribution in [0.15, 0.2) is 47.5 Å². The van der Waals surface area contributed by atoms with Crippen LogP contribution < -0.4 is 10.9 Å². The summed E-state index contributed by atoms with van der Waals surface area (Å²) in [5.74, 6) is 0.643. The summed E-state index contributed by atoms with van der Waals surface area (Å²) in [4.78, 5) is 27.2. The monoisotopic (exact) mass is 283 g/mol. The molecule has 0 unspecified atom stereocenters. The van der Waals surface area contributed by atoms with Crippen molar-refractivity contribution in [2.75, 3.05) is 5.32 Å². The quantitative estimate of drug-likeness (QED) is 0.693. The molecule has 7 heteroatoms. The minimum atomic E-state index is -0.233. The number of para-hydroxylation sites is 1. The van der Waals surface area contributed by atoms with Crippen LogP contribution in [0.25, 0.3) is 10.9 Å². The third kappa shape index (κ3) is 2.39. The maximum atomic E-state index is 11.9. The third-order valence-electron chi connectivity index (χ3n) is 2.62. The zero-order valence-electron chi connectivity index (χ0n) is 10.2. The van der Waals surface area contributed by atoms with Gasteiger partial charge < -0.3 is 10.3 Å². The SMILES string of the molecule is O=c1[nH]c(C(=S)Nc2ncccn2)nc2ccccc12. The van der Waals surface area contributed by atoms with Gasteiger partial charge in [0, 0.05) is 12.4 Å². The van der Waals surface area contributed by atoms with Gasteiger partial charge >= 0.3 is 0 Å². The van der Waals surface area contributed by atoms with Crippen LogP contribution in [0.3, 0.4) is 0 Å². The molecule has 0 amide bonds. The van der Waals surface area contributed by atoms with Gasteiger partial charge in [-0.15, -0.1) is 0 Å². The lowest BCUT2D eigenvalue weighted by Gasteiger charge is -2.06. The van der Waals surface area contributed by atoms with Crippen LogP contribution in [0.5, 0.6) is 0 Å². The lowest BCUT2D eigenvalue weighted by atomic mass is 10.2. The topological polar surface area (TPSA) is 83.6 Å². The van der Waals surface area contributed by atoms with E-state index in [1.54, 1.807) is 36.7 Å². The minimum absolute atomic E-state index is 0.233. The van der Waals surface area contributed by atoms with Gasteiger partial charge in [-0.05, 0) is 18.2 Å². The van der Waals surface area contributed by atoms with Crippen molar-refractivity contribution in [3.05, 3.63) is 58.9 Å². The second kappa shape index (κ2) is 5.14. The Morgan fingerprint density at radius 2 is 1.90 bits per heavy atom. The standard InChI is InChI=1S/C13H9N5OS/c19-11-8-4-1-2-5-9(8)16-10(17-11)12(20)18-13-14-6-3-7-15-13/h1-7H,(H,16,17,19)(H,14,15,18,20). The Labute approximate surface area is 118 Å². The summed E-state index contributed by atoms with van der Waals surface area (Å²) in [5.41, 5.74) is 0.355. The molecular weight excluding hydrogens is 274 g/mol. The third-order valence-corrected chi connectivity index (χ3v) is 2.91. The number of fused-ring (bicyclic) bond motifs is 1. The first kappa shape index (κ1) is 12.4. The summed E-state index contributed by atoms with van der Waals surface area (Å²) >= 11 is 5.20. The summed E-state index contributed by atoms with van der Waals surface area (Å²) in [7, 11) is 0. The number of thiocarbonyl (C=S) groups is 1. The van der Waals surface area contributed by atoms with E-state index in [0.717, 1.165) is 0 Å². The highest BCUT2D eigenvalue weighted by atomic mass is 32.1. The van der Waals surface area contributed by atoms with Crippen LogP contribution in [0.1, 0.15) is 5.82 Å². The average Bonchev–Trinajstić information content (AvgIpc) is 2.48. The first-order valence-corrected chi connectivity index (χ1v) is 6.22. The molecule has 98 valence electrons. The lowest BCUT2D eigenvalue weighted by Crippen LogP contribution is -2.21. The number of rotatable bonds is 2. The van der Waals surface area contributed by atoms with Crippen molar-refractivity contribution >= 4 is 34.1 Å². The molecule has 3 rings (SSSR count). The van der Waals surface area contributed by atoms with Crippen molar-refractivity contribution in [3.63, 3.8) is 0 Å². The Balaban J connectivity index is 1.98. The van der Waals surface area contributed by atoms with Gasteiger partial charge in [-0.25, -0.2) is 15.0 Å². The first-order valence-electron chi connectivity index (χ1n) is 5.81. The molecule has 20 heavy (non-hydrogen) atoms. The lowest BCUT2D eigenvalue weighted by molar-refractivity contribution is 1.13. The van der Waals surface area contributed by atoms with Gasteiger partial charge in [-0.3, -0.25) is 4.79 Å². The predicted octanol–water partition coefficient (Wildman–Crippen LogP) is 1.50. The molecule has 3 aromatic rings. The van der Waals surface area contributed by atoms with Gasteiger partial charge in [0.25, 0.3) is 5.56 Å². The molecule has 0 aliphatic carbocycles. The Bertz CT molecular complexity index is 831. The van der Waals surface area contributed by atoms with E-state index in [9.17, 15) is 4.79 Å². The van der Waals surface area contributed by atoms with Crippen LogP contribution in [0.4, 0.5) is 5.95 Å². The molecule has 0 atom stereocenters. The summed E-state index contributed by atoms with van der Waals surface area (Å²) in [6.07, 6.45) is 3.18. The van der Waals surface area contributed by atoms with Crippen molar-refractivity contribution in [2.24, 2.45) is 0 Å². The van der Waals surface area contributed by atoms with Crippen LogP contribution in [-0.4, -0.2) is 24.9 Å². The van der Waals surface area contributed by atoms with Gasteiger partial charge in [0.15, 0.2) is 5.82 Å². The number of aromatic amines is 1. The Morgan fingerprint density at radius 3 is 2.70 bits per heavy atom. The molecule has 0 saturated carbocycles. The van der Waals surface area contributed by atoms with Crippen molar-refractivity contribution in [1.82, 2.24) is 19.9 Å². The molecular formula is C13H9N5OS. The molecule has 0 fully saturated rings. The molecule has 0 radical (unpaired) electrons. The number of hydrogen-bond donors (Lipinski definition) is 2. The van der Waals surface area contributed by atoms with Gasteiger partial charge in [0.1, 0.15) is 4.99 Å². The number of aromatic nitrogens is 4. The smallest absolute Gasteiger partial charge is 0.259 e. The van der Waals surface area contributed by atoms with Crippen LogP contribution in [0, 0.1) is 0 Å². The molecule has 2 aromatic heterocycles. The number of nitrogens with one attached hydrogen (secondary N) is 2. The molecule has 6 nitrogen and oxygen atoms in total. The van der Waals surface area contributed by atoms with E-state index in [1.807, 2.05) is 6.07 Å². The molecule has 0 bridgehead atoms. The number of H-pyrrole nitrogens is 1. The second-order valence-electron chi connectivity index (χ2n) is 3.96. The molecule has 2 N–H and O–H groups in total. The number of hydrogen-bond acceptors (Lipinski definition) is 5. The van der Waals surface area contributed by atoms with E-state index in [-0.39, 0.29) is 16.4 Å². The number of anilines is 1. The second-order valence-corrected chi connectivity index (χ2v) is 4.37. The first-order chi connectivity index (χ1) is 9.74. The zero-order valence-corrected chi connectivity index (χ0v) is 11.0. The highest BCUT2D eigenvalue weighted by Gasteiger charge is 2.08.